The Morgan fingerprint density at radius 2 is 1.50 bits per heavy atom. The predicted octanol–water partition coefficient (Wildman–Crippen LogP) is 5.01. The molecule has 1 N–H and O–H groups in total. The summed E-state index contributed by atoms with van der Waals surface area (Å²) in [7, 11) is 0.863. The molecule has 2 nitrogen and oxygen atoms in total. The molecular weight excluding hydrogens is 333 g/mol. The van der Waals surface area contributed by atoms with Crippen LogP contribution in [0, 0.1) is 0 Å². The number of benzene rings is 1. The van der Waals surface area contributed by atoms with Crippen LogP contribution in [0.2, 0.25) is 10.0 Å². The molecule has 0 atom stereocenters. The van der Waals surface area contributed by atoms with Crippen molar-refractivity contribution in [1.29, 1.82) is 0 Å². The van der Waals surface area contributed by atoms with Crippen LogP contribution < -0.4 is 5.32 Å². The van der Waals surface area contributed by atoms with Gasteiger partial charge in [0.2, 0.25) is 5.84 Å². The molecule has 1 aromatic rings. The SMILES string of the molecule is CN=C(Nc1c(Cl)cc(C(F)(F)F)cc1Cl)C(F)(F)F. The Bertz CT molecular complexity index is 513. The number of amidine groups is 1. The van der Waals surface area contributed by atoms with Crippen LogP contribution in [0.4, 0.5) is 32.0 Å². The summed E-state index contributed by atoms with van der Waals surface area (Å²) in [5, 5.41) is 0.574. The summed E-state index contributed by atoms with van der Waals surface area (Å²) in [6.45, 7) is 0. The summed E-state index contributed by atoms with van der Waals surface area (Å²) < 4.78 is 74.8. The van der Waals surface area contributed by atoms with E-state index in [0.717, 1.165) is 7.05 Å². The second-order valence-corrected chi connectivity index (χ2v) is 4.32. The average Bonchev–Trinajstić information content (AvgIpc) is 2.24. The number of alkyl halides is 6. The molecule has 0 spiro atoms. The molecule has 0 bridgehead atoms. The van der Waals surface area contributed by atoms with Gasteiger partial charge in [-0.25, -0.2) is 0 Å². The zero-order valence-electron chi connectivity index (χ0n) is 9.63. The van der Waals surface area contributed by atoms with Gasteiger partial charge >= 0.3 is 12.4 Å². The van der Waals surface area contributed by atoms with E-state index >= 15 is 0 Å². The normalized spacial score (nSPS) is 13.6. The van der Waals surface area contributed by atoms with Crippen molar-refractivity contribution in [3.8, 4) is 0 Å². The number of nitrogens with one attached hydrogen (secondary N) is 1. The van der Waals surface area contributed by atoms with Gasteiger partial charge < -0.3 is 5.32 Å². The zero-order chi connectivity index (χ0) is 15.7. The van der Waals surface area contributed by atoms with Crippen LogP contribution in [0.5, 0.6) is 0 Å². The zero-order valence-corrected chi connectivity index (χ0v) is 11.1. The number of anilines is 1. The van der Waals surface area contributed by atoms with E-state index < -0.39 is 39.5 Å². The second kappa shape index (κ2) is 5.69. The van der Waals surface area contributed by atoms with Crippen LogP contribution in [-0.4, -0.2) is 19.1 Å². The minimum atomic E-state index is -4.82. The van der Waals surface area contributed by atoms with E-state index in [2.05, 4.69) is 4.99 Å². The largest absolute Gasteiger partial charge is 0.449 e. The Hall–Kier alpha value is -1.15. The summed E-state index contributed by atoms with van der Waals surface area (Å²) in [5.74, 6) is -1.43. The topological polar surface area (TPSA) is 24.4 Å². The van der Waals surface area contributed by atoms with Gasteiger partial charge in [-0.3, -0.25) is 4.99 Å². The van der Waals surface area contributed by atoms with E-state index in [4.69, 9.17) is 23.2 Å². The third-order valence-electron chi connectivity index (χ3n) is 2.10. The van der Waals surface area contributed by atoms with Gasteiger partial charge in [-0.1, -0.05) is 23.2 Å². The fourth-order valence-electron chi connectivity index (χ4n) is 1.23. The molecule has 0 unspecified atom stereocenters. The van der Waals surface area contributed by atoms with Crippen molar-refractivity contribution in [2.45, 2.75) is 12.4 Å². The van der Waals surface area contributed by atoms with E-state index in [9.17, 15) is 26.3 Å². The van der Waals surface area contributed by atoms with Crippen molar-refractivity contribution in [3.05, 3.63) is 27.7 Å². The molecule has 0 aliphatic heterocycles. The van der Waals surface area contributed by atoms with Crippen LogP contribution in [-0.2, 0) is 6.18 Å². The first-order valence-corrected chi connectivity index (χ1v) is 5.59. The molecule has 0 amide bonds. The highest BCUT2D eigenvalue weighted by Gasteiger charge is 2.37. The minimum absolute atomic E-state index is 0.472. The standard InChI is InChI=1S/C10H6Cl2F6N2/c1-19-8(10(16,17)18)20-7-5(11)2-4(3-6(7)12)9(13,14)15/h2-3H,1H3,(H,19,20). The molecular formula is C10H6Cl2F6N2. The molecule has 0 aliphatic rings. The quantitative estimate of drug-likeness (QED) is 0.434. The highest BCUT2D eigenvalue weighted by molar-refractivity contribution is 6.40. The van der Waals surface area contributed by atoms with Gasteiger partial charge in [0.05, 0.1) is 21.3 Å². The molecule has 0 fully saturated rings. The van der Waals surface area contributed by atoms with Crippen molar-refractivity contribution in [2.24, 2.45) is 4.99 Å². The molecule has 1 rings (SSSR count). The Kier molecular flexibility index (Phi) is 4.81. The lowest BCUT2D eigenvalue weighted by molar-refractivity contribution is -0.137. The smallest absolute Gasteiger partial charge is 0.334 e. The van der Waals surface area contributed by atoms with E-state index in [-0.39, 0.29) is 0 Å². The Morgan fingerprint density at radius 1 is 1.05 bits per heavy atom. The summed E-state index contributed by atoms with van der Waals surface area (Å²) in [6.07, 6.45) is -9.53. The number of hydrogen-bond acceptors (Lipinski definition) is 1. The molecule has 112 valence electrons. The van der Waals surface area contributed by atoms with Crippen LogP contribution in [0.25, 0.3) is 0 Å². The lowest BCUT2D eigenvalue weighted by Gasteiger charge is -2.16. The fourth-order valence-corrected chi connectivity index (χ4v) is 1.81. The maximum atomic E-state index is 12.5. The second-order valence-electron chi connectivity index (χ2n) is 3.51. The van der Waals surface area contributed by atoms with Gasteiger partial charge in [-0.2, -0.15) is 26.3 Å². The van der Waals surface area contributed by atoms with E-state index in [0.29, 0.717) is 12.1 Å². The van der Waals surface area contributed by atoms with Gasteiger partial charge in [0.1, 0.15) is 0 Å². The summed E-state index contributed by atoms with van der Waals surface area (Å²) in [4.78, 5) is 2.95. The van der Waals surface area contributed by atoms with Crippen molar-refractivity contribution in [1.82, 2.24) is 0 Å². The first-order chi connectivity index (χ1) is 8.96. The van der Waals surface area contributed by atoms with Crippen LogP contribution in [0.3, 0.4) is 0 Å². The molecule has 10 heteroatoms. The number of rotatable bonds is 1. The Balaban J connectivity index is 3.23. The van der Waals surface area contributed by atoms with Crippen LogP contribution in [0.1, 0.15) is 5.56 Å². The molecule has 0 heterocycles. The number of halogens is 8. The van der Waals surface area contributed by atoms with Crippen molar-refractivity contribution in [3.63, 3.8) is 0 Å². The van der Waals surface area contributed by atoms with E-state index in [1.54, 1.807) is 5.32 Å². The maximum absolute atomic E-state index is 12.5. The monoisotopic (exact) mass is 338 g/mol. The van der Waals surface area contributed by atoms with E-state index in [1.807, 2.05) is 0 Å². The lowest BCUT2D eigenvalue weighted by atomic mass is 10.2. The number of nitrogens with zero attached hydrogens (tertiary/aromatic N) is 1. The first-order valence-electron chi connectivity index (χ1n) is 4.84. The third kappa shape index (κ3) is 3.92. The summed E-state index contributed by atoms with van der Waals surface area (Å²) in [5.41, 5.74) is -1.67. The highest BCUT2D eigenvalue weighted by atomic mass is 35.5. The van der Waals surface area contributed by atoms with Gasteiger partial charge in [-0.15, -0.1) is 0 Å². The molecule has 1 aromatic carbocycles. The number of aliphatic imine (C=N–C) groups is 1. The molecule has 0 aliphatic carbocycles. The molecule has 0 radical (unpaired) electrons. The summed E-state index contributed by atoms with van der Waals surface area (Å²) in [6, 6.07) is 0.943. The average molecular weight is 339 g/mol. The van der Waals surface area contributed by atoms with Crippen LogP contribution >= 0.6 is 23.2 Å². The maximum Gasteiger partial charge on any atom is 0.449 e. The van der Waals surface area contributed by atoms with Crippen molar-refractivity contribution in [2.75, 3.05) is 12.4 Å². The van der Waals surface area contributed by atoms with E-state index in [1.165, 1.54) is 0 Å². The lowest BCUT2D eigenvalue weighted by Crippen LogP contribution is -2.30. The first kappa shape index (κ1) is 16.9. The fraction of sp³-hybridized carbons (Fsp3) is 0.300. The Labute approximate surface area is 119 Å². The molecule has 0 saturated carbocycles. The summed E-state index contributed by atoms with van der Waals surface area (Å²) >= 11 is 11.0. The van der Waals surface area contributed by atoms with Gasteiger partial charge in [0.15, 0.2) is 0 Å². The number of hydrogen-bond donors (Lipinski definition) is 1. The van der Waals surface area contributed by atoms with Gasteiger partial charge in [-0.05, 0) is 12.1 Å². The van der Waals surface area contributed by atoms with Crippen molar-refractivity contribution >= 4 is 34.7 Å². The molecule has 0 aromatic heterocycles. The third-order valence-corrected chi connectivity index (χ3v) is 2.70. The van der Waals surface area contributed by atoms with Crippen LogP contribution in [0.15, 0.2) is 17.1 Å². The minimum Gasteiger partial charge on any atom is -0.334 e. The predicted molar refractivity (Wildman–Crippen MR) is 64.5 cm³/mol. The van der Waals surface area contributed by atoms with Crippen molar-refractivity contribution < 1.29 is 26.3 Å². The van der Waals surface area contributed by atoms with Gasteiger partial charge in [0.25, 0.3) is 0 Å². The van der Waals surface area contributed by atoms with Gasteiger partial charge in [0, 0.05) is 7.05 Å². The molecule has 20 heavy (non-hydrogen) atoms. The highest BCUT2D eigenvalue weighted by Crippen LogP contribution is 2.39. The Morgan fingerprint density at radius 3 is 1.80 bits per heavy atom. The molecule has 0 saturated heterocycles.